The molecule has 0 radical (unpaired) electrons. The Kier molecular flexibility index (Phi) is 6.23. The number of sulfonamides is 1. The van der Waals surface area contributed by atoms with Crippen molar-refractivity contribution in [3.05, 3.63) is 23.8 Å². The molecule has 0 atom stereocenters. The average Bonchev–Trinajstić information content (AvgIpc) is 2.53. The molecule has 1 aliphatic heterocycles. The molecule has 1 amide bonds. The molecule has 1 aromatic rings. The topological polar surface area (TPSA) is 66.9 Å². The van der Waals surface area contributed by atoms with Crippen LogP contribution in [0.25, 0.3) is 0 Å². The van der Waals surface area contributed by atoms with Crippen LogP contribution >= 0.6 is 0 Å². The molecule has 0 bridgehead atoms. The van der Waals surface area contributed by atoms with Gasteiger partial charge in [0.1, 0.15) is 10.6 Å². The first-order valence-corrected chi connectivity index (χ1v) is 9.72. The van der Waals surface area contributed by atoms with Gasteiger partial charge in [0.15, 0.2) is 0 Å². The van der Waals surface area contributed by atoms with Gasteiger partial charge in [0.05, 0.1) is 7.11 Å². The molecule has 24 heavy (non-hydrogen) atoms. The van der Waals surface area contributed by atoms with Crippen molar-refractivity contribution in [2.75, 3.05) is 34.3 Å². The number of hydrogen-bond donors (Lipinski definition) is 0. The summed E-state index contributed by atoms with van der Waals surface area (Å²) in [6.07, 6.45) is 5.46. The highest BCUT2D eigenvalue weighted by molar-refractivity contribution is 7.89. The zero-order chi connectivity index (χ0) is 17.7. The summed E-state index contributed by atoms with van der Waals surface area (Å²) in [7, 11) is 0.658. The lowest BCUT2D eigenvalue weighted by Gasteiger charge is -2.25. The van der Waals surface area contributed by atoms with Crippen molar-refractivity contribution in [2.45, 2.75) is 37.0 Å². The molecule has 0 unspecified atom stereocenters. The molecule has 0 saturated carbocycles. The Bertz CT molecular complexity index is 678. The second-order valence-corrected chi connectivity index (χ2v) is 8.33. The highest BCUT2D eigenvalue weighted by atomic mass is 32.2. The van der Waals surface area contributed by atoms with E-state index in [4.69, 9.17) is 4.74 Å². The Balaban J connectivity index is 2.35. The number of carbonyl (C=O) groups is 1. The summed E-state index contributed by atoms with van der Waals surface area (Å²) in [4.78, 5) is 14.6. The van der Waals surface area contributed by atoms with Crippen LogP contribution in [-0.4, -0.2) is 57.8 Å². The minimum absolute atomic E-state index is 0.0212. The Labute approximate surface area is 144 Å². The van der Waals surface area contributed by atoms with Gasteiger partial charge in [-0.15, -0.1) is 0 Å². The molecule has 0 aromatic heterocycles. The van der Waals surface area contributed by atoms with Crippen LogP contribution in [0.2, 0.25) is 0 Å². The van der Waals surface area contributed by atoms with Crippen LogP contribution in [0.15, 0.2) is 23.1 Å². The van der Waals surface area contributed by atoms with Crippen LogP contribution < -0.4 is 4.74 Å². The highest BCUT2D eigenvalue weighted by Crippen LogP contribution is 2.27. The fourth-order valence-corrected chi connectivity index (χ4v) is 3.92. The number of hydrogen-bond acceptors (Lipinski definition) is 4. The lowest BCUT2D eigenvalue weighted by Crippen LogP contribution is -2.34. The zero-order valence-corrected chi connectivity index (χ0v) is 15.4. The second kappa shape index (κ2) is 7.98. The monoisotopic (exact) mass is 354 g/mol. The number of amides is 1. The van der Waals surface area contributed by atoms with Gasteiger partial charge >= 0.3 is 0 Å². The van der Waals surface area contributed by atoms with E-state index in [1.165, 1.54) is 33.7 Å². The van der Waals surface area contributed by atoms with Gasteiger partial charge in [0.2, 0.25) is 10.0 Å². The minimum Gasteiger partial charge on any atom is -0.495 e. The lowest BCUT2D eigenvalue weighted by molar-refractivity contribution is 0.0742. The summed E-state index contributed by atoms with van der Waals surface area (Å²) in [5.74, 6) is 0.127. The van der Waals surface area contributed by atoms with E-state index in [0.717, 1.165) is 43.1 Å². The Morgan fingerprint density at radius 3 is 2.21 bits per heavy atom. The standard InChI is InChI=1S/C17H26N2O4S/c1-18(2)24(21,22)16-13-14(9-10-15(16)23-3)17(20)19-11-7-5-4-6-8-12-19/h9-10,13H,4-8,11-12H2,1-3H3. The van der Waals surface area contributed by atoms with E-state index in [0.29, 0.717) is 5.56 Å². The van der Waals surface area contributed by atoms with Gasteiger partial charge in [-0.1, -0.05) is 19.3 Å². The van der Waals surface area contributed by atoms with Crippen molar-refractivity contribution in [2.24, 2.45) is 0 Å². The molecule has 1 heterocycles. The normalized spacial score (nSPS) is 16.6. The number of rotatable bonds is 4. The number of methoxy groups -OCH3 is 1. The molecule has 2 rings (SSSR count). The van der Waals surface area contributed by atoms with E-state index in [1.807, 2.05) is 4.90 Å². The molecule has 1 saturated heterocycles. The molecule has 0 spiro atoms. The first kappa shape index (κ1) is 18.7. The molecule has 1 aliphatic rings. The summed E-state index contributed by atoms with van der Waals surface area (Å²) < 4.78 is 31.3. The number of carbonyl (C=O) groups excluding carboxylic acids is 1. The number of ether oxygens (including phenoxy) is 1. The quantitative estimate of drug-likeness (QED) is 0.832. The molecule has 6 nitrogen and oxygen atoms in total. The van der Waals surface area contributed by atoms with E-state index in [1.54, 1.807) is 12.1 Å². The van der Waals surface area contributed by atoms with Crippen molar-refractivity contribution >= 4 is 15.9 Å². The maximum Gasteiger partial charge on any atom is 0.253 e. The average molecular weight is 354 g/mol. The smallest absolute Gasteiger partial charge is 0.253 e. The van der Waals surface area contributed by atoms with E-state index in [9.17, 15) is 13.2 Å². The molecular formula is C17H26N2O4S. The van der Waals surface area contributed by atoms with E-state index in [2.05, 4.69) is 0 Å². The first-order chi connectivity index (χ1) is 11.4. The van der Waals surface area contributed by atoms with Crippen LogP contribution in [0, 0.1) is 0 Å². The molecule has 134 valence electrons. The van der Waals surface area contributed by atoms with E-state index >= 15 is 0 Å². The van der Waals surface area contributed by atoms with Gasteiger partial charge in [-0.05, 0) is 31.0 Å². The maximum absolute atomic E-state index is 12.8. The second-order valence-electron chi connectivity index (χ2n) is 6.21. The highest BCUT2D eigenvalue weighted by Gasteiger charge is 2.25. The van der Waals surface area contributed by atoms with Crippen molar-refractivity contribution in [1.29, 1.82) is 0 Å². The lowest BCUT2D eigenvalue weighted by atomic mass is 10.1. The summed E-state index contributed by atoms with van der Waals surface area (Å²) >= 11 is 0. The van der Waals surface area contributed by atoms with Gasteiger partial charge in [0, 0.05) is 32.7 Å². The third-order valence-electron chi connectivity index (χ3n) is 4.31. The molecule has 7 heteroatoms. The Morgan fingerprint density at radius 1 is 1.08 bits per heavy atom. The molecule has 0 aliphatic carbocycles. The number of likely N-dealkylation sites (tertiary alicyclic amines) is 1. The Morgan fingerprint density at radius 2 is 1.67 bits per heavy atom. The van der Waals surface area contributed by atoms with Crippen LogP contribution in [0.4, 0.5) is 0 Å². The number of nitrogens with zero attached hydrogens (tertiary/aromatic N) is 2. The van der Waals surface area contributed by atoms with E-state index < -0.39 is 10.0 Å². The maximum atomic E-state index is 12.8. The summed E-state index contributed by atoms with van der Waals surface area (Å²) in [5.41, 5.74) is 0.386. The SMILES string of the molecule is COc1ccc(C(=O)N2CCCCCCC2)cc1S(=O)(=O)N(C)C. The minimum atomic E-state index is -3.68. The van der Waals surface area contributed by atoms with Crippen molar-refractivity contribution in [3.63, 3.8) is 0 Å². The van der Waals surface area contributed by atoms with Gasteiger partial charge < -0.3 is 9.64 Å². The van der Waals surface area contributed by atoms with Gasteiger partial charge in [0.25, 0.3) is 5.91 Å². The van der Waals surface area contributed by atoms with Crippen molar-refractivity contribution in [3.8, 4) is 5.75 Å². The summed E-state index contributed by atoms with van der Waals surface area (Å²) in [6, 6.07) is 4.61. The summed E-state index contributed by atoms with van der Waals surface area (Å²) in [5, 5.41) is 0. The van der Waals surface area contributed by atoms with E-state index in [-0.39, 0.29) is 16.6 Å². The van der Waals surface area contributed by atoms with Crippen molar-refractivity contribution < 1.29 is 17.9 Å². The zero-order valence-electron chi connectivity index (χ0n) is 14.6. The largest absolute Gasteiger partial charge is 0.495 e. The summed E-state index contributed by atoms with van der Waals surface area (Å²) in [6.45, 7) is 1.45. The molecule has 0 N–H and O–H groups in total. The van der Waals surface area contributed by atoms with Crippen LogP contribution in [0.5, 0.6) is 5.75 Å². The van der Waals surface area contributed by atoms with Crippen LogP contribution in [0.1, 0.15) is 42.5 Å². The predicted octanol–water partition coefficient (Wildman–Crippen LogP) is 2.35. The van der Waals surface area contributed by atoms with Gasteiger partial charge in [-0.2, -0.15) is 0 Å². The predicted molar refractivity (Wildman–Crippen MR) is 92.9 cm³/mol. The Hall–Kier alpha value is -1.60. The van der Waals surface area contributed by atoms with Gasteiger partial charge in [-0.25, -0.2) is 12.7 Å². The van der Waals surface area contributed by atoms with Crippen LogP contribution in [-0.2, 0) is 10.0 Å². The first-order valence-electron chi connectivity index (χ1n) is 8.28. The molecule has 1 aromatic carbocycles. The van der Waals surface area contributed by atoms with Gasteiger partial charge in [-0.3, -0.25) is 4.79 Å². The molecular weight excluding hydrogens is 328 g/mol. The third kappa shape index (κ3) is 4.08. The van der Waals surface area contributed by atoms with Crippen LogP contribution in [0.3, 0.4) is 0 Å². The number of benzene rings is 1. The molecule has 1 fully saturated rings. The van der Waals surface area contributed by atoms with Crippen molar-refractivity contribution in [1.82, 2.24) is 9.21 Å². The fourth-order valence-electron chi connectivity index (χ4n) is 2.84. The fraction of sp³-hybridized carbons (Fsp3) is 0.588. The third-order valence-corrected chi connectivity index (χ3v) is 6.15.